The van der Waals surface area contributed by atoms with Crippen LogP contribution in [0.1, 0.15) is 73.9 Å². The summed E-state index contributed by atoms with van der Waals surface area (Å²) in [6, 6.07) is 29.9. The maximum atomic E-state index is 13.6. The molecule has 6 rings (SSSR count). The Balaban J connectivity index is 0.000000407. The van der Waals surface area contributed by atoms with Gasteiger partial charge >= 0.3 is 70.8 Å². The fourth-order valence-electron chi connectivity index (χ4n) is 5.93. The van der Waals surface area contributed by atoms with Crippen LogP contribution >= 0.6 is 139 Å². The van der Waals surface area contributed by atoms with Crippen LogP contribution in [0.5, 0.6) is 11.5 Å². The molecule has 2 aliphatic heterocycles. The summed E-state index contributed by atoms with van der Waals surface area (Å²) in [6.45, 7) is 4.44. The van der Waals surface area contributed by atoms with Gasteiger partial charge in [-0.2, -0.15) is 0 Å². The number of aryl methyl sites for hydroxylation is 1. The number of halogens is 8. The first kappa shape index (κ1) is 55.6. The van der Waals surface area contributed by atoms with Gasteiger partial charge in [0.25, 0.3) is 0 Å². The van der Waals surface area contributed by atoms with Crippen molar-refractivity contribution in [1.82, 2.24) is 9.34 Å². The average Bonchev–Trinajstić information content (AvgIpc) is 3.77. The van der Waals surface area contributed by atoms with Gasteiger partial charge in [-0.3, -0.25) is 14.1 Å². The van der Waals surface area contributed by atoms with E-state index < -0.39 is 0 Å². The zero-order chi connectivity index (χ0) is 42.2. The molecule has 0 aliphatic carbocycles. The molecule has 2 aliphatic rings. The number of ether oxygens (including phenoxy) is 2. The van der Waals surface area contributed by atoms with Gasteiger partial charge in [0.15, 0.2) is 0 Å². The van der Waals surface area contributed by atoms with Gasteiger partial charge in [-0.1, -0.05) is 109 Å². The Kier molecular flexibility index (Phi) is 32.0. The first-order chi connectivity index (χ1) is 26.9. The molecule has 6 atom stereocenters. The maximum absolute atomic E-state index is 13.6. The van der Waals surface area contributed by atoms with Crippen molar-refractivity contribution in [1.29, 1.82) is 0 Å². The number of aromatic hydroxyl groups is 1. The molecular weight excluding hydrogens is 1470 g/mol. The van der Waals surface area contributed by atoms with Crippen molar-refractivity contribution in [3.63, 3.8) is 0 Å². The van der Waals surface area contributed by atoms with Crippen LogP contribution in [-0.4, -0.2) is 44.5 Å². The number of hydrogen-bond acceptors (Lipinski definition) is 6. The van der Waals surface area contributed by atoms with Gasteiger partial charge in [0.1, 0.15) is 35.8 Å². The van der Waals surface area contributed by atoms with Crippen LogP contribution in [0, 0.1) is 11.6 Å². The molecule has 0 amide bonds. The normalized spacial score (nSPS) is 18.6. The third-order valence-corrected chi connectivity index (χ3v) is 10.5. The molecule has 2 saturated heterocycles. The summed E-state index contributed by atoms with van der Waals surface area (Å²) in [5.74, 6) is 0.513. The Morgan fingerprint density at radius 1 is 0.768 bits per heavy atom. The van der Waals surface area contributed by atoms with Crippen LogP contribution in [0.2, 0.25) is 0 Å². The Hall–Kier alpha value is 1.55. The molecule has 0 aromatic heterocycles. The molecule has 1 N–H and O–H groups in total. The molecule has 56 heavy (non-hydrogen) atoms. The Bertz CT molecular complexity index is 1670. The first-order valence-corrected chi connectivity index (χ1v) is 40.3. The molecule has 4 aromatic rings. The van der Waals surface area contributed by atoms with E-state index >= 15 is 0 Å². The Labute approximate surface area is 412 Å². The van der Waals surface area contributed by atoms with Crippen molar-refractivity contribution >= 4 is 145 Å². The predicted molar refractivity (Wildman–Crippen MR) is 283 cm³/mol. The fourth-order valence-corrected chi connectivity index (χ4v) is 7.00. The van der Waals surface area contributed by atoms with E-state index in [1.807, 2.05) is 52.9 Å². The number of carbonyl (C=O) groups is 1. The summed E-state index contributed by atoms with van der Waals surface area (Å²) < 4.78 is 40.9. The van der Waals surface area contributed by atoms with Gasteiger partial charge in [0.05, 0.1) is 7.11 Å². The minimum atomic E-state index is -0.278. The van der Waals surface area contributed by atoms with E-state index in [4.69, 9.17) is 9.47 Å². The van der Waals surface area contributed by atoms with E-state index in [0.717, 1.165) is 36.1 Å². The molecule has 0 bridgehead atoms. The number of carbonyl (C=O) groups excluding carboxylic acids is 1. The van der Waals surface area contributed by atoms with Crippen molar-refractivity contribution in [3.05, 3.63) is 131 Å². The number of esters is 1. The number of alkyl halides is 1. The quantitative estimate of drug-likeness (QED) is 0.0861. The van der Waals surface area contributed by atoms with Crippen LogP contribution in [0.25, 0.3) is 0 Å². The molecule has 0 radical (unpaired) electrons. The zero-order valence-electron chi connectivity index (χ0n) is 31.5. The second kappa shape index (κ2) is 32.3. The standard InChI is InChI=1S/C18H21FNOP.C12H16NO3P.C8H9F.CH3I.I2.3HI.V/c1-13-6-11-18(20(13)22)14-7-9-16(10-8-14)21-12-15-4-2-3-5-17(15)19;1-16-12(15)11-7-6-10(13(11)17)8-2-4-9(14)5-3-8;1-2-7-5-3-4-6-8(7)9;2*1-2;;;;/h2-5,7-10,13,18H,6,11-12,22H2,1H3;2-5,10-11,14H,6-7,17H2,1H3;3-6H,2H2,1H3;1H3;;3*1H;/q;;;;;;;;+3/p-3/t13-,18-;10-,11+;;;;;;;/m11......./s1. The van der Waals surface area contributed by atoms with Crippen LogP contribution < -0.4 is 4.74 Å². The van der Waals surface area contributed by atoms with Crippen LogP contribution in [0.15, 0.2) is 97.1 Å². The van der Waals surface area contributed by atoms with Gasteiger partial charge in [-0.05, 0) is 97.0 Å². The number of benzene rings is 4. The summed E-state index contributed by atoms with van der Waals surface area (Å²) in [4.78, 5) is 13.2. The van der Waals surface area contributed by atoms with Crippen molar-refractivity contribution < 1.29 is 33.1 Å². The van der Waals surface area contributed by atoms with E-state index in [-0.39, 0.29) is 47.0 Å². The van der Waals surface area contributed by atoms with E-state index in [0.29, 0.717) is 17.6 Å². The van der Waals surface area contributed by atoms with Crippen molar-refractivity contribution in [3.8, 4) is 11.5 Å². The van der Waals surface area contributed by atoms with Crippen molar-refractivity contribution in [2.24, 2.45) is 0 Å². The number of phenols is 1. The summed E-state index contributed by atoms with van der Waals surface area (Å²) in [5, 5.41) is 9.25. The molecule has 6 nitrogen and oxygen atoms in total. The molecule has 2 unspecified atom stereocenters. The van der Waals surface area contributed by atoms with E-state index in [2.05, 4.69) is 162 Å². The van der Waals surface area contributed by atoms with Gasteiger partial charge in [0, 0.05) is 60.9 Å². The fraction of sp³-hybridized carbons (Fsp3) is 0.359. The van der Waals surface area contributed by atoms with Crippen molar-refractivity contribution in [2.45, 2.75) is 76.7 Å². The number of hydrogen-bond donors (Lipinski definition) is 1. The number of methoxy groups -OCH3 is 1. The third-order valence-electron chi connectivity index (χ3n) is 8.87. The molecule has 310 valence electrons. The molecular formula is C39H49F2I6N2O4P2V. The molecule has 4 aromatic carbocycles. The first-order valence-electron chi connectivity index (χ1n) is 17.3. The van der Waals surface area contributed by atoms with E-state index in [9.17, 15) is 18.7 Å². The molecule has 2 fully saturated rings. The van der Waals surface area contributed by atoms with E-state index in [1.54, 1.807) is 36.4 Å². The minimum absolute atomic E-state index is 0.0972. The summed E-state index contributed by atoms with van der Waals surface area (Å²) in [5.41, 5.74) is 3.77. The van der Waals surface area contributed by atoms with Crippen molar-refractivity contribution in [2.75, 3.05) is 12.0 Å². The molecule has 0 spiro atoms. The summed E-state index contributed by atoms with van der Waals surface area (Å²) >= 11 is 13.8. The summed E-state index contributed by atoms with van der Waals surface area (Å²) in [6.07, 6.45) is 4.88. The van der Waals surface area contributed by atoms with Gasteiger partial charge < -0.3 is 14.6 Å². The Morgan fingerprint density at radius 2 is 1.21 bits per heavy atom. The number of rotatable bonds is 7. The van der Waals surface area contributed by atoms with Crippen LogP contribution in [0.4, 0.5) is 8.78 Å². The van der Waals surface area contributed by atoms with Gasteiger partial charge in [-0.25, -0.2) is 8.78 Å². The SMILES string of the molecule is CCc1ccccc1F.CI.COC(=O)[C@@H]1CC[C@H](c2ccc(O)cc2)N1P.C[C@@H]1CC[C@H](c2ccc(OCc3ccccc3F)cc2)N1P.II.[I][V]([I])[I]. The average molecular weight is 1520 g/mol. The predicted octanol–water partition coefficient (Wildman–Crippen LogP) is 14.4. The van der Waals surface area contributed by atoms with E-state index in [1.165, 1.54) is 37.6 Å². The number of phenolic OH excluding ortho intramolecular Hbond substituents is 1. The molecule has 0 saturated carbocycles. The topological polar surface area (TPSA) is 62.2 Å². The Morgan fingerprint density at radius 3 is 1.64 bits per heavy atom. The third kappa shape index (κ3) is 20.2. The molecule has 2 heterocycles. The van der Waals surface area contributed by atoms with Crippen LogP contribution in [0.3, 0.4) is 0 Å². The monoisotopic (exact) mass is 1520 g/mol. The molecule has 17 heteroatoms. The summed E-state index contributed by atoms with van der Waals surface area (Å²) in [7, 11) is 6.85. The van der Waals surface area contributed by atoms with Gasteiger partial charge in [-0.15, -0.1) is 0 Å². The second-order valence-electron chi connectivity index (χ2n) is 12.1. The number of nitrogens with zero attached hydrogens (tertiary/aromatic N) is 2. The zero-order valence-corrected chi connectivity index (χ0v) is 48.1. The van der Waals surface area contributed by atoms with Crippen LogP contribution in [-0.2, 0) is 27.5 Å². The van der Waals surface area contributed by atoms with Gasteiger partial charge in [0.2, 0.25) is 0 Å². The second-order valence-corrected chi connectivity index (χ2v) is 48.7.